The third kappa shape index (κ3) is 3.61. The van der Waals surface area contributed by atoms with Gasteiger partial charge in [-0.15, -0.1) is 0 Å². The fourth-order valence-corrected chi connectivity index (χ4v) is 4.92. The maximum atomic E-state index is 13.2. The minimum absolute atomic E-state index is 0.158. The van der Waals surface area contributed by atoms with Gasteiger partial charge in [0.25, 0.3) is 0 Å². The molecule has 2 unspecified atom stereocenters. The van der Waals surface area contributed by atoms with Gasteiger partial charge in [-0.05, 0) is 55.3 Å². The number of carbonyl (C=O) groups excluding carboxylic acids is 1. The molecule has 5 rings (SSSR count). The smallest absolute Gasteiger partial charge is 0.323 e. The SMILES string of the molecule is CN1CC(N2CC3CN(C(=O)Nc4nc(-c5ccc(F)cc5)ccc4N)CC3C2)C1. The molecule has 1 aromatic carbocycles. The highest BCUT2D eigenvalue weighted by Crippen LogP contribution is 2.34. The van der Waals surface area contributed by atoms with E-state index in [2.05, 4.69) is 27.1 Å². The number of anilines is 2. The van der Waals surface area contributed by atoms with E-state index >= 15 is 0 Å². The fourth-order valence-electron chi connectivity index (χ4n) is 4.92. The molecule has 158 valence electrons. The molecule has 30 heavy (non-hydrogen) atoms. The van der Waals surface area contributed by atoms with Gasteiger partial charge in [0.1, 0.15) is 5.82 Å². The zero-order valence-corrected chi connectivity index (χ0v) is 17.1. The summed E-state index contributed by atoms with van der Waals surface area (Å²) in [6, 6.07) is 10.1. The van der Waals surface area contributed by atoms with Crippen molar-refractivity contribution in [3.05, 3.63) is 42.2 Å². The van der Waals surface area contributed by atoms with Crippen LogP contribution in [0, 0.1) is 17.7 Å². The minimum Gasteiger partial charge on any atom is -0.396 e. The van der Waals surface area contributed by atoms with Gasteiger partial charge < -0.3 is 15.5 Å². The van der Waals surface area contributed by atoms with Crippen LogP contribution in [-0.4, -0.2) is 78.1 Å². The van der Waals surface area contributed by atoms with E-state index in [-0.39, 0.29) is 11.8 Å². The number of nitrogens with two attached hydrogens (primary N) is 1. The van der Waals surface area contributed by atoms with Crippen LogP contribution in [0.3, 0.4) is 0 Å². The number of benzene rings is 1. The van der Waals surface area contributed by atoms with Crippen LogP contribution in [0.5, 0.6) is 0 Å². The van der Waals surface area contributed by atoms with Gasteiger partial charge in [-0.1, -0.05) is 0 Å². The summed E-state index contributed by atoms with van der Waals surface area (Å²) in [6.07, 6.45) is 0. The highest BCUT2D eigenvalue weighted by molar-refractivity contribution is 5.92. The van der Waals surface area contributed by atoms with Crippen molar-refractivity contribution < 1.29 is 9.18 Å². The molecule has 0 bridgehead atoms. The summed E-state index contributed by atoms with van der Waals surface area (Å²) >= 11 is 0. The van der Waals surface area contributed by atoms with Gasteiger partial charge in [-0.2, -0.15) is 0 Å². The Balaban J connectivity index is 1.22. The molecule has 3 N–H and O–H groups in total. The van der Waals surface area contributed by atoms with Crippen molar-refractivity contribution in [1.29, 1.82) is 0 Å². The van der Waals surface area contributed by atoms with Crippen LogP contribution in [0.15, 0.2) is 36.4 Å². The Morgan fingerprint density at radius 1 is 1.03 bits per heavy atom. The molecular weight excluding hydrogens is 383 g/mol. The van der Waals surface area contributed by atoms with Crippen molar-refractivity contribution in [2.24, 2.45) is 11.8 Å². The molecule has 3 aliphatic rings. The van der Waals surface area contributed by atoms with Crippen molar-refractivity contribution in [3.8, 4) is 11.3 Å². The van der Waals surface area contributed by atoms with Crippen LogP contribution in [0.25, 0.3) is 11.3 Å². The Bertz CT molecular complexity index is 931. The quantitative estimate of drug-likeness (QED) is 0.811. The average molecular weight is 410 g/mol. The predicted molar refractivity (Wildman–Crippen MR) is 114 cm³/mol. The van der Waals surface area contributed by atoms with Crippen molar-refractivity contribution in [2.75, 3.05) is 57.4 Å². The second kappa shape index (κ2) is 7.52. The average Bonchev–Trinajstić information content (AvgIpc) is 3.27. The predicted octanol–water partition coefficient (Wildman–Crippen LogP) is 2.18. The van der Waals surface area contributed by atoms with Gasteiger partial charge in [0.15, 0.2) is 5.82 Å². The molecule has 0 spiro atoms. The van der Waals surface area contributed by atoms with E-state index in [4.69, 9.17) is 5.73 Å². The van der Waals surface area contributed by atoms with E-state index in [1.165, 1.54) is 12.1 Å². The number of carbonyl (C=O) groups is 1. The standard InChI is InChI=1S/C22H27FN6O/c1-27-12-18(13-27)28-8-15-10-29(11-16(15)9-28)22(30)26-21-19(24)6-7-20(25-21)14-2-4-17(23)5-3-14/h2-7,15-16,18H,8-13,24H2,1H3,(H,25,26,30). The fraction of sp³-hybridized carbons (Fsp3) is 0.455. The van der Waals surface area contributed by atoms with Crippen molar-refractivity contribution >= 4 is 17.5 Å². The number of rotatable bonds is 3. The number of hydrogen-bond acceptors (Lipinski definition) is 5. The third-order valence-electron chi connectivity index (χ3n) is 6.65. The van der Waals surface area contributed by atoms with E-state index in [1.54, 1.807) is 24.3 Å². The van der Waals surface area contributed by atoms with Crippen LogP contribution in [0.4, 0.5) is 20.7 Å². The van der Waals surface area contributed by atoms with Gasteiger partial charge in [0.2, 0.25) is 0 Å². The molecule has 2 amide bonds. The second-order valence-corrected chi connectivity index (χ2v) is 8.83. The number of nitrogens with one attached hydrogen (secondary N) is 1. The van der Waals surface area contributed by atoms with Gasteiger partial charge in [0.05, 0.1) is 11.4 Å². The van der Waals surface area contributed by atoms with Crippen LogP contribution in [0.1, 0.15) is 0 Å². The molecule has 3 aliphatic heterocycles. The second-order valence-electron chi connectivity index (χ2n) is 8.83. The molecule has 3 fully saturated rings. The molecule has 0 aliphatic carbocycles. The minimum atomic E-state index is -0.301. The largest absolute Gasteiger partial charge is 0.396 e. The van der Waals surface area contributed by atoms with E-state index in [0.717, 1.165) is 44.8 Å². The van der Waals surface area contributed by atoms with Gasteiger partial charge >= 0.3 is 6.03 Å². The highest BCUT2D eigenvalue weighted by Gasteiger charge is 2.45. The maximum absolute atomic E-state index is 13.2. The Kier molecular flexibility index (Phi) is 4.83. The number of hydrogen-bond donors (Lipinski definition) is 2. The topological polar surface area (TPSA) is 77.7 Å². The van der Waals surface area contributed by atoms with Crippen LogP contribution >= 0.6 is 0 Å². The molecule has 0 saturated carbocycles. The summed E-state index contributed by atoms with van der Waals surface area (Å²) in [6.45, 7) is 6.00. The Labute approximate surface area is 175 Å². The number of aromatic nitrogens is 1. The first-order valence-corrected chi connectivity index (χ1v) is 10.5. The number of nitrogens with zero attached hydrogens (tertiary/aromatic N) is 4. The van der Waals surface area contributed by atoms with E-state index in [0.29, 0.717) is 35.1 Å². The number of nitrogen functional groups attached to an aromatic ring is 1. The zero-order chi connectivity index (χ0) is 20.8. The number of fused-ring (bicyclic) bond motifs is 1. The molecule has 3 saturated heterocycles. The van der Waals surface area contributed by atoms with E-state index < -0.39 is 0 Å². The van der Waals surface area contributed by atoms with Crippen LogP contribution in [-0.2, 0) is 0 Å². The Morgan fingerprint density at radius 2 is 1.70 bits per heavy atom. The first kappa shape index (κ1) is 19.3. The molecule has 4 heterocycles. The van der Waals surface area contributed by atoms with Gasteiger partial charge in [0, 0.05) is 50.9 Å². The molecule has 2 atom stereocenters. The number of halogens is 1. The maximum Gasteiger partial charge on any atom is 0.323 e. The summed E-state index contributed by atoms with van der Waals surface area (Å²) in [5, 5.41) is 2.88. The number of likely N-dealkylation sites (N-methyl/N-ethyl adjacent to an activating group) is 1. The highest BCUT2D eigenvalue weighted by atomic mass is 19.1. The molecule has 8 heteroatoms. The van der Waals surface area contributed by atoms with E-state index in [1.807, 2.05) is 4.90 Å². The monoisotopic (exact) mass is 410 g/mol. The van der Waals surface area contributed by atoms with Gasteiger partial charge in [-0.3, -0.25) is 10.2 Å². The van der Waals surface area contributed by atoms with Crippen LogP contribution in [0.2, 0.25) is 0 Å². The van der Waals surface area contributed by atoms with Crippen molar-refractivity contribution in [2.45, 2.75) is 6.04 Å². The van der Waals surface area contributed by atoms with E-state index in [9.17, 15) is 9.18 Å². The number of urea groups is 1. The lowest BCUT2D eigenvalue weighted by Gasteiger charge is -2.42. The molecule has 1 aromatic heterocycles. The lowest BCUT2D eigenvalue weighted by Crippen LogP contribution is -2.57. The van der Waals surface area contributed by atoms with Gasteiger partial charge in [-0.25, -0.2) is 14.2 Å². The molecule has 7 nitrogen and oxygen atoms in total. The summed E-state index contributed by atoms with van der Waals surface area (Å²) in [5.41, 5.74) is 7.87. The zero-order valence-electron chi connectivity index (χ0n) is 17.1. The summed E-state index contributed by atoms with van der Waals surface area (Å²) in [5.74, 6) is 1.12. The number of likely N-dealkylation sites (tertiary alicyclic amines) is 3. The lowest BCUT2D eigenvalue weighted by molar-refractivity contribution is 0.0620. The lowest BCUT2D eigenvalue weighted by atomic mass is 10.0. The molecule has 0 radical (unpaired) electrons. The Hall–Kier alpha value is -2.71. The number of amides is 2. The first-order chi connectivity index (χ1) is 14.5. The van der Waals surface area contributed by atoms with Crippen LogP contribution < -0.4 is 11.1 Å². The Morgan fingerprint density at radius 3 is 2.33 bits per heavy atom. The van der Waals surface area contributed by atoms with Crippen molar-refractivity contribution in [3.63, 3.8) is 0 Å². The normalized spacial score (nSPS) is 24.7. The number of pyridine rings is 1. The summed E-state index contributed by atoms with van der Waals surface area (Å²) in [4.78, 5) is 24.2. The summed E-state index contributed by atoms with van der Waals surface area (Å²) < 4.78 is 13.2. The summed E-state index contributed by atoms with van der Waals surface area (Å²) in [7, 11) is 2.16. The molecule has 2 aromatic rings. The molecular formula is C22H27FN6O. The van der Waals surface area contributed by atoms with Crippen molar-refractivity contribution in [1.82, 2.24) is 19.7 Å². The third-order valence-corrected chi connectivity index (χ3v) is 6.65. The first-order valence-electron chi connectivity index (χ1n) is 10.5.